The number of carbonyl (C=O) groups excluding carboxylic acids is 2. The van der Waals surface area contributed by atoms with E-state index in [1.54, 1.807) is 30.3 Å². The van der Waals surface area contributed by atoms with Gasteiger partial charge in [-0.05, 0) is 62.6 Å². The van der Waals surface area contributed by atoms with E-state index in [4.69, 9.17) is 0 Å². The quantitative estimate of drug-likeness (QED) is 0.404. The van der Waals surface area contributed by atoms with E-state index in [-0.39, 0.29) is 17.3 Å². The van der Waals surface area contributed by atoms with Crippen LogP contribution in [0.25, 0.3) is 0 Å². The zero-order chi connectivity index (χ0) is 27.0. The van der Waals surface area contributed by atoms with Gasteiger partial charge in [0.05, 0.1) is 10.6 Å². The predicted octanol–water partition coefficient (Wildman–Crippen LogP) is 4.44. The highest BCUT2D eigenvalue weighted by Gasteiger charge is 2.33. The molecule has 0 aliphatic heterocycles. The minimum atomic E-state index is -4.05. The molecule has 0 radical (unpaired) electrons. The Morgan fingerprint density at radius 3 is 2.08 bits per heavy atom. The second-order valence-electron chi connectivity index (χ2n) is 8.93. The molecular formula is C29H35N3O4S. The van der Waals surface area contributed by atoms with Crippen molar-refractivity contribution in [2.45, 2.75) is 51.6 Å². The average Bonchev–Trinajstić information content (AvgIpc) is 2.89. The second kappa shape index (κ2) is 12.5. The lowest BCUT2D eigenvalue weighted by Gasteiger charge is -2.33. The first-order chi connectivity index (χ1) is 17.7. The Bertz CT molecular complexity index is 1310. The molecule has 0 fully saturated rings. The van der Waals surface area contributed by atoms with Gasteiger partial charge >= 0.3 is 0 Å². The van der Waals surface area contributed by atoms with Crippen LogP contribution in [0.2, 0.25) is 0 Å². The number of anilines is 1. The highest BCUT2D eigenvalue weighted by Crippen LogP contribution is 2.25. The summed E-state index contributed by atoms with van der Waals surface area (Å²) in [5.41, 5.74) is 3.23. The Morgan fingerprint density at radius 1 is 0.865 bits per heavy atom. The van der Waals surface area contributed by atoms with E-state index in [9.17, 15) is 18.0 Å². The Morgan fingerprint density at radius 2 is 1.49 bits per heavy atom. The van der Waals surface area contributed by atoms with Crippen LogP contribution >= 0.6 is 0 Å². The molecule has 1 N–H and O–H groups in total. The van der Waals surface area contributed by atoms with Crippen molar-refractivity contribution in [1.82, 2.24) is 10.2 Å². The lowest BCUT2D eigenvalue weighted by molar-refractivity contribution is -0.140. The first-order valence-corrected chi connectivity index (χ1v) is 13.9. The molecule has 0 aliphatic carbocycles. The van der Waals surface area contributed by atoms with Crippen molar-refractivity contribution >= 4 is 27.5 Å². The fraction of sp³-hybridized carbons (Fsp3) is 0.310. The molecule has 3 rings (SSSR count). The number of nitrogens with one attached hydrogen (secondary N) is 1. The molecule has 37 heavy (non-hydrogen) atoms. The van der Waals surface area contributed by atoms with Crippen LogP contribution in [0, 0.1) is 13.8 Å². The van der Waals surface area contributed by atoms with Gasteiger partial charge in [-0.15, -0.1) is 0 Å². The van der Waals surface area contributed by atoms with Crippen LogP contribution < -0.4 is 9.62 Å². The summed E-state index contributed by atoms with van der Waals surface area (Å²) in [6.07, 6.45) is 0.388. The molecule has 7 nitrogen and oxygen atoms in total. The van der Waals surface area contributed by atoms with Crippen molar-refractivity contribution in [3.05, 3.63) is 95.6 Å². The Kier molecular flexibility index (Phi) is 9.47. The molecule has 3 aromatic rings. The summed E-state index contributed by atoms with van der Waals surface area (Å²) in [5.74, 6) is -0.721. The molecule has 0 aliphatic rings. The van der Waals surface area contributed by atoms with Gasteiger partial charge in [0.25, 0.3) is 10.0 Å². The maximum Gasteiger partial charge on any atom is 0.264 e. The van der Waals surface area contributed by atoms with E-state index < -0.39 is 28.5 Å². The third kappa shape index (κ3) is 6.77. The molecule has 0 bridgehead atoms. The summed E-state index contributed by atoms with van der Waals surface area (Å²) >= 11 is 0. The highest BCUT2D eigenvalue weighted by molar-refractivity contribution is 7.92. The van der Waals surface area contributed by atoms with Gasteiger partial charge in [-0.2, -0.15) is 0 Å². The van der Waals surface area contributed by atoms with Gasteiger partial charge < -0.3 is 10.2 Å². The number of hydrogen-bond acceptors (Lipinski definition) is 4. The monoisotopic (exact) mass is 521 g/mol. The number of aryl methyl sites for hydroxylation is 2. The maximum absolute atomic E-state index is 13.9. The van der Waals surface area contributed by atoms with Crippen LogP contribution in [-0.2, 0) is 26.2 Å². The minimum absolute atomic E-state index is 0.0876. The van der Waals surface area contributed by atoms with Crippen LogP contribution in [0.5, 0.6) is 0 Å². The lowest BCUT2D eigenvalue weighted by Crippen LogP contribution is -2.52. The topological polar surface area (TPSA) is 86.8 Å². The van der Waals surface area contributed by atoms with E-state index in [1.807, 2.05) is 64.1 Å². The summed E-state index contributed by atoms with van der Waals surface area (Å²) in [6, 6.07) is 22.0. The summed E-state index contributed by atoms with van der Waals surface area (Å²) in [4.78, 5) is 28.5. The number of benzene rings is 3. The van der Waals surface area contributed by atoms with Crippen molar-refractivity contribution in [1.29, 1.82) is 0 Å². The molecule has 0 saturated heterocycles. The van der Waals surface area contributed by atoms with Gasteiger partial charge in [0, 0.05) is 13.1 Å². The number of likely N-dealkylation sites (N-methyl/N-ethyl adjacent to an activating group) is 1. The van der Waals surface area contributed by atoms with Gasteiger partial charge in [0.1, 0.15) is 12.6 Å². The smallest absolute Gasteiger partial charge is 0.264 e. The molecule has 0 spiro atoms. The summed E-state index contributed by atoms with van der Waals surface area (Å²) in [7, 11) is -4.05. The molecular weight excluding hydrogens is 486 g/mol. The van der Waals surface area contributed by atoms with Crippen molar-refractivity contribution in [3.63, 3.8) is 0 Å². The third-order valence-corrected chi connectivity index (χ3v) is 8.06. The van der Waals surface area contributed by atoms with E-state index in [2.05, 4.69) is 5.32 Å². The number of rotatable bonds is 11. The standard InChI is InChI=1S/C29H35N3O4S/c1-5-27(29(34)30-6-2)31(20-24-13-11-10-12-23(24)4)28(33)21-32(25-18-16-22(3)17-19-25)37(35,36)26-14-8-7-9-15-26/h7-19,27H,5-6,20-21H2,1-4H3,(H,30,34). The van der Waals surface area contributed by atoms with Crippen molar-refractivity contribution in [2.24, 2.45) is 0 Å². The van der Waals surface area contributed by atoms with Crippen molar-refractivity contribution < 1.29 is 18.0 Å². The summed E-state index contributed by atoms with van der Waals surface area (Å²) in [6.45, 7) is 7.70. The summed E-state index contributed by atoms with van der Waals surface area (Å²) < 4.78 is 28.6. The number of hydrogen-bond donors (Lipinski definition) is 1. The molecule has 0 heterocycles. The lowest BCUT2D eigenvalue weighted by atomic mass is 10.1. The van der Waals surface area contributed by atoms with Crippen molar-refractivity contribution in [2.75, 3.05) is 17.4 Å². The average molecular weight is 522 g/mol. The van der Waals surface area contributed by atoms with Gasteiger partial charge in [-0.3, -0.25) is 13.9 Å². The maximum atomic E-state index is 13.9. The molecule has 2 amide bonds. The minimum Gasteiger partial charge on any atom is -0.355 e. The Hall–Kier alpha value is -3.65. The van der Waals surface area contributed by atoms with Crippen LogP contribution in [0.3, 0.4) is 0 Å². The van der Waals surface area contributed by atoms with Gasteiger partial charge in [0.15, 0.2) is 0 Å². The third-order valence-electron chi connectivity index (χ3n) is 6.27. The Balaban J connectivity index is 2.05. The molecule has 0 saturated carbocycles. The number of nitrogens with zero attached hydrogens (tertiary/aromatic N) is 2. The SMILES string of the molecule is CCNC(=O)C(CC)N(Cc1ccccc1C)C(=O)CN(c1ccc(C)cc1)S(=O)(=O)c1ccccc1. The van der Waals surface area contributed by atoms with Crippen LogP contribution in [0.1, 0.15) is 37.0 Å². The van der Waals surface area contributed by atoms with Gasteiger partial charge in [-0.1, -0.05) is 67.1 Å². The zero-order valence-electron chi connectivity index (χ0n) is 21.8. The van der Waals surface area contributed by atoms with Gasteiger partial charge in [-0.25, -0.2) is 8.42 Å². The van der Waals surface area contributed by atoms with Gasteiger partial charge in [0.2, 0.25) is 11.8 Å². The van der Waals surface area contributed by atoms with Crippen LogP contribution in [0.15, 0.2) is 83.8 Å². The Labute approximate surface area is 220 Å². The molecule has 1 atom stereocenters. The van der Waals surface area contributed by atoms with Crippen LogP contribution in [-0.4, -0.2) is 44.3 Å². The number of sulfonamides is 1. The van der Waals surface area contributed by atoms with E-state index in [0.29, 0.717) is 18.7 Å². The molecule has 3 aromatic carbocycles. The van der Waals surface area contributed by atoms with E-state index >= 15 is 0 Å². The molecule has 8 heteroatoms. The normalized spacial score (nSPS) is 12.0. The number of amides is 2. The fourth-order valence-corrected chi connectivity index (χ4v) is 5.58. The molecule has 196 valence electrons. The largest absolute Gasteiger partial charge is 0.355 e. The predicted molar refractivity (Wildman–Crippen MR) is 147 cm³/mol. The van der Waals surface area contributed by atoms with E-state index in [0.717, 1.165) is 21.0 Å². The van der Waals surface area contributed by atoms with Crippen LogP contribution in [0.4, 0.5) is 5.69 Å². The zero-order valence-corrected chi connectivity index (χ0v) is 22.7. The highest BCUT2D eigenvalue weighted by atomic mass is 32.2. The fourth-order valence-electron chi connectivity index (χ4n) is 4.14. The van der Waals surface area contributed by atoms with E-state index in [1.165, 1.54) is 17.0 Å². The summed E-state index contributed by atoms with van der Waals surface area (Å²) in [5, 5.41) is 2.81. The second-order valence-corrected chi connectivity index (χ2v) is 10.8. The molecule has 1 unspecified atom stereocenters. The molecule has 0 aromatic heterocycles. The van der Waals surface area contributed by atoms with Crippen molar-refractivity contribution in [3.8, 4) is 0 Å². The first-order valence-electron chi connectivity index (χ1n) is 12.4. The number of carbonyl (C=O) groups is 2. The first kappa shape index (κ1) is 27.9.